The van der Waals surface area contributed by atoms with E-state index in [-0.39, 0.29) is 28.8 Å². The van der Waals surface area contributed by atoms with Crippen LogP contribution in [0.3, 0.4) is 0 Å². The SMILES string of the molecule is O=C(Nc1sc2c(c1C(=O)c1cnn(-c3ccc(Cl)c(C(F)(F)F)c3)c1)CCCC2)c1cccc(CCl)c1. The van der Waals surface area contributed by atoms with E-state index in [1.54, 1.807) is 18.2 Å². The van der Waals surface area contributed by atoms with E-state index in [0.717, 1.165) is 47.4 Å². The first kappa shape index (κ1) is 26.5. The van der Waals surface area contributed by atoms with Gasteiger partial charge in [0, 0.05) is 22.5 Å². The predicted molar refractivity (Wildman–Crippen MR) is 142 cm³/mol. The van der Waals surface area contributed by atoms with Crippen molar-refractivity contribution in [1.82, 2.24) is 9.78 Å². The lowest BCUT2D eigenvalue weighted by molar-refractivity contribution is -0.137. The quantitative estimate of drug-likeness (QED) is 0.188. The number of aryl methyl sites for hydroxylation is 1. The number of carbonyl (C=O) groups is 2. The number of rotatable bonds is 6. The maximum absolute atomic E-state index is 13.7. The summed E-state index contributed by atoms with van der Waals surface area (Å²) in [5.41, 5.74) is 1.83. The highest BCUT2D eigenvalue weighted by Crippen LogP contribution is 2.40. The average molecular weight is 578 g/mol. The Balaban J connectivity index is 1.49. The zero-order chi connectivity index (χ0) is 27.0. The van der Waals surface area contributed by atoms with Crippen LogP contribution in [0.1, 0.15) is 60.7 Å². The molecule has 0 bridgehead atoms. The highest BCUT2D eigenvalue weighted by Gasteiger charge is 2.34. The molecule has 0 saturated heterocycles. The monoisotopic (exact) mass is 577 g/mol. The van der Waals surface area contributed by atoms with Crippen molar-refractivity contribution in [2.75, 3.05) is 5.32 Å². The minimum Gasteiger partial charge on any atom is -0.313 e. The minimum atomic E-state index is -4.63. The van der Waals surface area contributed by atoms with Gasteiger partial charge in [0.2, 0.25) is 0 Å². The Morgan fingerprint density at radius 2 is 1.87 bits per heavy atom. The molecule has 11 heteroatoms. The highest BCUT2D eigenvalue weighted by molar-refractivity contribution is 7.17. The van der Waals surface area contributed by atoms with Crippen molar-refractivity contribution in [3.63, 3.8) is 0 Å². The van der Waals surface area contributed by atoms with Crippen LogP contribution in [0, 0.1) is 0 Å². The summed E-state index contributed by atoms with van der Waals surface area (Å²) in [5, 5.41) is 7.05. The van der Waals surface area contributed by atoms with Crippen LogP contribution < -0.4 is 5.32 Å². The van der Waals surface area contributed by atoms with Crippen molar-refractivity contribution in [1.29, 1.82) is 0 Å². The van der Waals surface area contributed by atoms with Crippen LogP contribution in [-0.4, -0.2) is 21.5 Å². The number of ketones is 1. The van der Waals surface area contributed by atoms with Gasteiger partial charge in [-0.05, 0) is 67.1 Å². The molecule has 0 unspecified atom stereocenters. The summed E-state index contributed by atoms with van der Waals surface area (Å²) in [4.78, 5) is 27.8. The first-order valence-electron chi connectivity index (χ1n) is 11.7. The van der Waals surface area contributed by atoms with Crippen LogP contribution in [0.15, 0.2) is 54.9 Å². The second-order valence-corrected chi connectivity index (χ2v) is 10.6. The van der Waals surface area contributed by atoms with Crippen LogP contribution in [0.4, 0.5) is 18.2 Å². The maximum Gasteiger partial charge on any atom is 0.417 e. The van der Waals surface area contributed by atoms with Gasteiger partial charge < -0.3 is 5.32 Å². The van der Waals surface area contributed by atoms with Crippen molar-refractivity contribution in [3.8, 4) is 5.69 Å². The second-order valence-electron chi connectivity index (χ2n) is 8.87. The molecule has 1 N–H and O–H groups in total. The van der Waals surface area contributed by atoms with E-state index in [2.05, 4.69) is 10.4 Å². The second kappa shape index (κ2) is 10.6. The number of benzene rings is 2. The van der Waals surface area contributed by atoms with E-state index in [1.165, 1.54) is 34.5 Å². The number of alkyl halides is 4. The summed E-state index contributed by atoms with van der Waals surface area (Å²) in [6, 6.07) is 10.4. The summed E-state index contributed by atoms with van der Waals surface area (Å²) in [5.74, 6) is -0.452. The molecule has 196 valence electrons. The molecular formula is C27H20Cl2F3N3O2S. The molecule has 0 spiro atoms. The number of amides is 1. The van der Waals surface area contributed by atoms with Crippen molar-refractivity contribution in [2.45, 2.75) is 37.7 Å². The fourth-order valence-electron chi connectivity index (χ4n) is 4.46. The Kier molecular flexibility index (Phi) is 7.35. The van der Waals surface area contributed by atoms with Gasteiger partial charge in [-0.2, -0.15) is 18.3 Å². The third kappa shape index (κ3) is 5.23. The lowest BCUT2D eigenvalue weighted by Crippen LogP contribution is -2.15. The largest absolute Gasteiger partial charge is 0.417 e. The Morgan fingerprint density at radius 3 is 2.63 bits per heavy atom. The zero-order valence-corrected chi connectivity index (χ0v) is 22.1. The van der Waals surface area contributed by atoms with Gasteiger partial charge in [0.1, 0.15) is 5.00 Å². The van der Waals surface area contributed by atoms with Crippen LogP contribution in [-0.2, 0) is 24.9 Å². The van der Waals surface area contributed by atoms with Gasteiger partial charge >= 0.3 is 6.18 Å². The molecule has 1 aliphatic rings. The number of thiophene rings is 1. The van der Waals surface area contributed by atoms with E-state index in [1.807, 2.05) is 6.07 Å². The molecule has 2 heterocycles. The first-order chi connectivity index (χ1) is 18.2. The van der Waals surface area contributed by atoms with E-state index in [4.69, 9.17) is 23.2 Å². The molecule has 0 fully saturated rings. The van der Waals surface area contributed by atoms with Crippen LogP contribution in [0.2, 0.25) is 5.02 Å². The lowest BCUT2D eigenvalue weighted by atomic mass is 9.92. The number of nitrogens with zero attached hydrogens (tertiary/aromatic N) is 2. The summed E-state index contributed by atoms with van der Waals surface area (Å²) in [6.07, 6.45) is 1.47. The van der Waals surface area contributed by atoms with Gasteiger partial charge in [0.25, 0.3) is 5.91 Å². The third-order valence-electron chi connectivity index (χ3n) is 6.33. The van der Waals surface area contributed by atoms with Gasteiger partial charge in [0.05, 0.1) is 33.6 Å². The van der Waals surface area contributed by atoms with Crippen LogP contribution in [0.25, 0.3) is 5.69 Å². The summed E-state index contributed by atoms with van der Waals surface area (Å²) < 4.78 is 41.2. The van der Waals surface area contributed by atoms with Crippen LogP contribution >= 0.6 is 34.5 Å². The molecule has 5 nitrogen and oxygen atoms in total. The molecule has 38 heavy (non-hydrogen) atoms. The van der Waals surface area contributed by atoms with Crippen molar-refractivity contribution < 1.29 is 22.8 Å². The normalized spacial score (nSPS) is 13.3. The zero-order valence-electron chi connectivity index (χ0n) is 19.7. The van der Waals surface area contributed by atoms with Gasteiger partial charge in [-0.1, -0.05) is 23.7 Å². The summed E-state index contributed by atoms with van der Waals surface area (Å²) in [7, 11) is 0. The highest BCUT2D eigenvalue weighted by atomic mass is 35.5. The molecule has 5 rings (SSSR count). The fourth-order valence-corrected chi connectivity index (χ4v) is 6.14. The molecule has 0 saturated carbocycles. The lowest BCUT2D eigenvalue weighted by Gasteiger charge is -2.12. The van der Waals surface area contributed by atoms with E-state index in [0.29, 0.717) is 22.5 Å². The number of hydrogen-bond donors (Lipinski definition) is 1. The number of anilines is 1. The number of fused-ring (bicyclic) bond motifs is 1. The molecule has 4 aromatic rings. The minimum absolute atomic E-state index is 0.112. The van der Waals surface area contributed by atoms with E-state index < -0.39 is 16.8 Å². The average Bonchev–Trinajstić information content (AvgIpc) is 3.53. The maximum atomic E-state index is 13.7. The number of nitrogens with one attached hydrogen (secondary N) is 1. The van der Waals surface area contributed by atoms with Gasteiger partial charge in [0.15, 0.2) is 5.78 Å². The molecule has 0 atom stereocenters. The predicted octanol–water partition coefficient (Wildman–Crippen LogP) is 7.71. The molecule has 2 aromatic heterocycles. The van der Waals surface area contributed by atoms with Crippen LogP contribution in [0.5, 0.6) is 0 Å². The van der Waals surface area contributed by atoms with E-state index >= 15 is 0 Å². The van der Waals surface area contributed by atoms with E-state index in [9.17, 15) is 22.8 Å². The smallest absolute Gasteiger partial charge is 0.313 e. The number of aromatic nitrogens is 2. The summed E-state index contributed by atoms with van der Waals surface area (Å²) >= 11 is 13.0. The molecule has 1 aliphatic carbocycles. The molecule has 1 amide bonds. The molecule has 0 radical (unpaired) electrons. The molecule has 0 aliphatic heterocycles. The van der Waals surface area contributed by atoms with Crippen molar-refractivity contribution in [2.24, 2.45) is 0 Å². The van der Waals surface area contributed by atoms with Gasteiger partial charge in [-0.25, -0.2) is 4.68 Å². The van der Waals surface area contributed by atoms with Gasteiger partial charge in [-0.3, -0.25) is 9.59 Å². The Bertz CT molecular complexity index is 1540. The summed E-state index contributed by atoms with van der Waals surface area (Å²) in [6.45, 7) is 0. The number of carbonyl (C=O) groups excluding carboxylic acids is 2. The van der Waals surface area contributed by atoms with Crippen molar-refractivity contribution >= 4 is 51.2 Å². The number of halogens is 5. The molecule has 2 aromatic carbocycles. The fraction of sp³-hybridized carbons (Fsp3) is 0.222. The topological polar surface area (TPSA) is 64.0 Å². The Labute approximate surface area is 230 Å². The Hall–Kier alpha value is -3.14. The Morgan fingerprint density at radius 1 is 1.08 bits per heavy atom. The first-order valence-corrected chi connectivity index (χ1v) is 13.5. The standard InChI is InChI=1S/C27H20Cl2F3N3O2S/c28-12-15-4-3-5-16(10-15)25(37)34-26-23(19-6-1-2-7-22(19)38-26)24(36)17-13-33-35(14-17)18-8-9-21(29)20(11-18)27(30,31)32/h3-5,8-11,13-14H,1-2,6-7,12H2,(H,34,37). The third-order valence-corrected chi connectivity index (χ3v) is 8.18. The van der Waals surface area contributed by atoms with Crippen molar-refractivity contribution in [3.05, 3.63) is 98.1 Å². The molecular weight excluding hydrogens is 558 g/mol. The number of hydrogen-bond acceptors (Lipinski definition) is 4. The van der Waals surface area contributed by atoms with Gasteiger partial charge in [-0.15, -0.1) is 22.9 Å².